The number of carbonyl (C=O) groups excluding carboxylic acids is 1. The van der Waals surface area contributed by atoms with Gasteiger partial charge in [0.1, 0.15) is 0 Å². The molecule has 6 nitrogen and oxygen atoms in total. The minimum Gasteiger partial charge on any atom is -0.362 e. The topological polar surface area (TPSA) is 110 Å². The predicted octanol–water partition coefficient (Wildman–Crippen LogP) is -2.15. The summed E-state index contributed by atoms with van der Waals surface area (Å²) in [6.07, 6.45) is -1.79. The number of rotatable bonds is 4. The molecule has 6 heteroatoms. The largest absolute Gasteiger partial charge is 0.362 e. The molecule has 0 aliphatic carbocycles. The number of amides is 1. The fraction of sp³-hybridized carbons (Fsp3) is 0.833. The molecule has 5 N–H and O–H groups in total. The Morgan fingerprint density at radius 3 is 2.33 bits per heavy atom. The lowest BCUT2D eigenvalue weighted by Gasteiger charge is -2.23. The Morgan fingerprint density at radius 2 is 2.00 bits per heavy atom. The maximum atomic E-state index is 10.7. The fourth-order valence-electron chi connectivity index (χ4n) is 0.559. The maximum Gasteiger partial charge on any atom is 0.300 e. The second-order valence-corrected chi connectivity index (χ2v) is 2.40. The van der Waals surface area contributed by atoms with E-state index >= 15 is 0 Å². The van der Waals surface area contributed by atoms with Gasteiger partial charge in [-0.1, -0.05) is 6.92 Å². The first-order valence-electron chi connectivity index (χ1n) is 3.52. The van der Waals surface area contributed by atoms with Crippen molar-refractivity contribution in [1.82, 2.24) is 5.32 Å². The highest BCUT2D eigenvalue weighted by Gasteiger charge is 2.33. The Kier molecular flexibility index (Phi) is 4.11. The summed E-state index contributed by atoms with van der Waals surface area (Å²) in [5.74, 6) is -3.62. The molecule has 0 fully saturated rings. The van der Waals surface area contributed by atoms with Gasteiger partial charge in [0.25, 0.3) is 5.91 Å². The number of aliphatic hydroxyl groups is 4. The molecule has 0 bridgehead atoms. The van der Waals surface area contributed by atoms with Crippen molar-refractivity contribution in [3.8, 4) is 0 Å². The standard InChI is InChI=1S/C6H13NO5/c1-2-3-4(8)7-6(11,12)5(9)10/h5,9-12H,2-3H2,1H3,(H,7,8). The number of hydrogen-bond donors (Lipinski definition) is 5. The van der Waals surface area contributed by atoms with E-state index < -0.39 is 18.1 Å². The van der Waals surface area contributed by atoms with Gasteiger partial charge in [-0.15, -0.1) is 0 Å². The minimum atomic E-state index is -2.97. The van der Waals surface area contributed by atoms with Crippen molar-refractivity contribution >= 4 is 5.91 Å². The summed E-state index contributed by atoms with van der Waals surface area (Å²) in [5, 5.41) is 35.7. The molecule has 0 aliphatic heterocycles. The predicted molar refractivity (Wildman–Crippen MR) is 38.4 cm³/mol. The normalized spacial score (nSPS) is 11.8. The first-order valence-corrected chi connectivity index (χ1v) is 3.52. The van der Waals surface area contributed by atoms with Gasteiger partial charge < -0.3 is 25.7 Å². The van der Waals surface area contributed by atoms with Crippen molar-refractivity contribution in [2.24, 2.45) is 0 Å². The van der Waals surface area contributed by atoms with Crippen LogP contribution in [0.2, 0.25) is 0 Å². The quantitative estimate of drug-likeness (QED) is 0.316. The van der Waals surface area contributed by atoms with Crippen LogP contribution in [-0.4, -0.2) is 38.5 Å². The molecule has 0 saturated heterocycles. The number of nitrogens with one attached hydrogen (secondary N) is 1. The molecule has 12 heavy (non-hydrogen) atoms. The fourth-order valence-corrected chi connectivity index (χ4v) is 0.559. The van der Waals surface area contributed by atoms with Crippen LogP contribution in [0.15, 0.2) is 0 Å². The highest BCUT2D eigenvalue weighted by atomic mass is 16.6. The van der Waals surface area contributed by atoms with Gasteiger partial charge >= 0.3 is 0 Å². The van der Waals surface area contributed by atoms with E-state index in [1.807, 2.05) is 0 Å². The van der Waals surface area contributed by atoms with Gasteiger partial charge in [-0.2, -0.15) is 0 Å². The van der Waals surface area contributed by atoms with E-state index in [1.165, 1.54) is 0 Å². The van der Waals surface area contributed by atoms with Crippen molar-refractivity contribution < 1.29 is 25.2 Å². The lowest BCUT2D eigenvalue weighted by molar-refractivity contribution is -0.301. The molecule has 0 aromatic rings. The zero-order valence-electron chi connectivity index (χ0n) is 6.69. The lowest BCUT2D eigenvalue weighted by atomic mass is 10.3. The summed E-state index contributed by atoms with van der Waals surface area (Å²) >= 11 is 0. The van der Waals surface area contributed by atoms with Crippen LogP contribution in [0.4, 0.5) is 0 Å². The van der Waals surface area contributed by atoms with Crippen molar-refractivity contribution in [2.75, 3.05) is 0 Å². The Hall–Kier alpha value is -0.690. The van der Waals surface area contributed by atoms with Crippen LogP contribution in [0.25, 0.3) is 0 Å². The van der Waals surface area contributed by atoms with Gasteiger partial charge in [0, 0.05) is 6.42 Å². The Labute approximate surface area is 69.5 Å². The molecular weight excluding hydrogens is 166 g/mol. The third-order valence-electron chi connectivity index (χ3n) is 1.16. The monoisotopic (exact) mass is 179 g/mol. The molecule has 0 spiro atoms. The third-order valence-corrected chi connectivity index (χ3v) is 1.16. The molecule has 0 rings (SSSR count). The van der Waals surface area contributed by atoms with Crippen LogP contribution in [0.1, 0.15) is 19.8 Å². The zero-order chi connectivity index (χ0) is 9.78. The van der Waals surface area contributed by atoms with Gasteiger partial charge in [0.05, 0.1) is 0 Å². The Balaban J connectivity index is 3.97. The van der Waals surface area contributed by atoms with E-state index in [2.05, 4.69) is 0 Å². The van der Waals surface area contributed by atoms with Gasteiger partial charge in [0.15, 0.2) is 0 Å². The van der Waals surface area contributed by atoms with Gasteiger partial charge in [0.2, 0.25) is 12.2 Å². The lowest BCUT2D eigenvalue weighted by Crippen LogP contribution is -2.56. The summed E-state index contributed by atoms with van der Waals surface area (Å²) in [4.78, 5) is 10.7. The molecule has 1 amide bonds. The van der Waals surface area contributed by atoms with E-state index in [1.54, 1.807) is 12.2 Å². The molecule has 72 valence electrons. The SMILES string of the molecule is CCCC(=O)NC(O)(O)C(O)O. The van der Waals surface area contributed by atoms with Gasteiger partial charge in [-0.25, -0.2) is 0 Å². The summed E-state index contributed by atoms with van der Waals surface area (Å²) in [6.45, 7) is 1.73. The van der Waals surface area contributed by atoms with Crippen LogP contribution < -0.4 is 5.32 Å². The smallest absolute Gasteiger partial charge is 0.300 e. The van der Waals surface area contributed by atoms with E-state index in [0.29, 0.717) is 6.42 Å². The van der Waals surface area contributed by atoms with E-state index in [4.69, 9.17) is 20.4 Å². The van der Waals surface area contributed by atoms with Crippen LogP contribution in [0, 0.1) is 0 Å². The summed E-state index contributed by atoms with van der Waals surface area (Å²) in [6, 6.07) is 0. The molecule has 0 saturated carbocycles. The average Bonchev–Trinajstić information content (AvgIpc) is 1.85. The molecular formula is C6H13NO5. The van der Waals surface area contributed by atoms with Crippen LogP contribution in [0.5, 0.6) is 0 Å². The van der Waals surface area contributed by atoms with Crippen molar-refractivity contribution in [3.63, 3.8) is 0 Å². The number of hydrogen-bond acceptors (Lipinski definition) is 5. The maximum absolute atomic E-state index is 10.7. The first kappa shape index (κ1) is 11.3. The van der Waals surface area contributed by atoms with Gasteiger partial charge in [-0.3, -0.25) is 4.79 Å². The first-order chi connectivity index (χ1) is 5.40. The van der Waals surface area contributed by atoms with Crippen molar-refractivity contribution in [1.29, 1.82) is 0 Å². The van der Waals surface area contributed by atoms with Crippen molar-refractivity contribution in [2.45, 2.75) is 32.0 Å². The minimum absolute atomic E-state index is 0.0928. The molecule has 0 aliphatic rings. The van der Waals surface area contributed by atoms with E-state index in [-0.39, 0.29) is 6.42 Å². The summed E-state index contributed by atoms with van der Waals surface area (Å²) in [7, 11) is 0. The Morgan fingerprint density at radius 1 is 1.50 bits per heavy atom. The number of carbonyl (C=O) groups is 1. The average molecular weight is 179 g/mol. The molecule has 0 radical (unpaired) electrons. The zero-order valence-corrected chi connectivity index (χ0v) is 6.69. The molecule has 0 heterocycles. The molecule has 0 unspecified atom stereocenters. The second kappa shape index (κ2) is 4.36. The van der Waals surface area contributed by atoms with E-state index in [9.17, 15) is 4.79 Å². The van der Waals surface area contributed by atoms with Crippen LogP contribution in [-0.2, 0) is 4.79 Å². The third kappa shape index (κ3) is 3.63. The summed E-state index contributed by atoms with van der Waals surface area (Å²) in [5.41, 5.74) is 0. The number of aliphatic hydroxyl groups excluding tert-OH is 1. The van der Waals surface area contributed by atoms with Crippen molar-refractivity contribution in [3.05, 3.63) is 0 Å². The van der Waals surface area contributed by atoms with Crippen LogP contribution >= 0.6 is 0 Å². The molecule has 0 atom stereocenters. The molecule has 0 aromatic heterocycles. The van der Waals surface area contributed by atoms with E-state index in [0.717, 1.165) is 0 Å². The van der Waals surface area contributed by atoms with Crippen LogP contribution in [0.3, 0.4) is 0 Å². The van der Waals surface area contributed by atoms with Gasteiger partial charge in [-0.05, 0) is 6.42 Å². The Bertz CT molecular complexity index is 156. The summed E-state index contributed by atoms with van der Waals surface area (Å²) < 4.78 is 0. The second-order valence-electron chi connectivity index (χ2n) is 2.40. The highest BCUT2D eigenvalue weighted by Crippen LogP contribution is 2.00. The molecule has 0 aromatic carbocycles. The highest BCUT2D eigenvalue weighted by molar-refractivity contribution is 5.76.